The highest BCUT2D eigenvalue weighted by molar-refractivity contribution is 5.96. The molecule has 0 fully saturated rings. The predicted octanol–water partition coefficient (Wildman–Crippen LogP) is 13.9. The molecule has 2 aromatic heterocycles. The molecule has 0 amide bonds. The summed E-state index contributed by atoms with van der Waals surface area (Å²) in [6.45, 7) is 20.6. The van der Waals surface area contributed by atoms with Crippen molar-refractivity contribution < 1.29 is 27.1 Å². The van der Waals surface area contributed by atoms with Gasteiger partial charge in [0.2, 0.25) is 0 Å². The Bertz CT molecular complexity index is 1370. The van der Waals surface area contributed by atoms with Crippen LogP contribution in [0.4, 0.5) is 13.2 Å². The van der Waals surface area contributed by atoms with E-state index >= 15 is 0 Å². The average molecular weight is 686 g/mol. The number of fused-ring (bicyclic) bond motifs is 1. The van der Waals surface area contributed by atoms with E-state index in [1.54, 1.807) is 13.0 Å². The lowest BCUT2D eigenvalue weighted by Crippen LogP contribution is -2.15. The van der Waals surface area contributed by atoms with Crippen LogP contribution < -0.4 is 4.74 Å². The minimum atomic E-state index is -4.21. The van der Waals surface area contributed by atoms with Gasteiger partial charge >= 0.3 is 6.18 Å². The van der Waals surface area contributed by atoms with Crippen molar-refractivity contribution in [2.24, 2.45) is 5.92 Å². The highest BCUT2D eigenvalue weighted by Crippen LogP contribution is 2.29. The lowest BCUT2D eigenvalue weighted by atomic mass is 10.0. The molecule has 274 valence electrons. The summed E-state index contributed by atoms with van der Waals surface area (Å²) in [6, 6.07) is 18.5. The third-order valence-electron chi connectivity index (χ3n) is 7.39. The number of nitrogens with zero attached hydrogens (tertiary/aromatic N) is 1. The van der Waals surface area contributed by atoms with Crippen LogP contribution in [-0.4, -0.2) is 16.9 Å². The fourth-order valence-corrected chi connectivity index (χ4v) is 4.85. The van der Waals surface area contributed by atoms with Gasteiger partial charge in [-0.1, -0.05) is 118 Å². The number of carbonyl (C=O) groups is 1. The Labute approximate surface area is 294 Å². The maximum Gasteiger partial charge on any atom is 0.416 e. The van der Waals surface area contributed by atoms with Crippen molar-refractivity contribution in [3.63, 3.8) is 0 Å². The number of benzene rings is 2. The van der Waals surface area contributed by atoms with Gasteiger partial charge in [-0.3, -0.25) is 9.78 Å². The third kappa shape index (κ3) is 19.9. The van der Waals surface area contributed by atoms with Crippen molar-refractivity contribution >= 4 is 16.8 Å². The van der Waals surface area contributed by atoms with E-state index in [4.69, 9.17) is 9.15 Å². The maximum absolute atomic E-state index is 11.9. The smallest absolute Gasteiger partial charge is 0.416 e. The summed E-state index contributed by atoms with van der Waals surface area (Å²) in [4.78, 5) is 15.4. The monoisotopic (exact) mass is 685 g/mol. The van der Waals surface area contributed by atoms with E-state index in [1.165, 1.54) is 44.7 Å². The molecule has 7 heteroatoms. The Morgan fingerprint density at radius 3 is 1.82 bits per heavy atom. The van der Waals surface area contributed by atoms with Gasteiger partial charge in [0, 0.05) is 24.2 Å². The molecule has 0 aliphatic rings. The summed E-state index contributed by atoms with van der Waals surface area (Å²) in [5, 5.41) is 0.916. The van der Waals surface area contributed by atoms with Gasteiger partial charge in [-0.05, 0) is 80.6 Å². The van der Waals surface area contributed by atoms with Crippen LogP contribution in [0.3, 0.4) is 0 Å². The highest BCUT2D eigenvalue weighted by Gasteiger charge is 2.29. The number of hydrogen-bond donors (Lipinski definition) is 0. The van der Waals surface area contributed by atoms with Crippen molar-refractivity contribution in [2.75, 3.05) is 0 Å². The van der Waals surface area contributed by atoms with Crippen LogP contribution in [0.1, 0.15) is 141 Å². The van der Waals surface area contributed by atoms with E-state index < -0.39 is 11.7 Å². The molecule has 0 aliphatic heterocycles. The second-order valence-corrected chi connectivity index (χ2v) is 11.9. The number of carbonyl (C=O) groups excluding carboxylic acids is 1. The van der Waals surface area contributed by atoms with E-state index in [9.17, 15) is 18.0 Å². The average Bonchev–Trinajstić information content (AvgIpc) is 3.52. The van der Waals surface area contributed by atoms with Crippen molar-refractivity contribution in [3.05, 3.63) is 95.5 Å². The predicted molar refractivity (Wildman–Crippen MR) is 201 cm³/mol. The van der Waals surface area contributed by atoms with Crippen molar-refractivity contribution in [1.82, 2.24) is 4.98 Å². The van der Waals surface area contributed by atoms with E-state index in [-0.39, 0.29) is 11.9 Å². The molecule has 0 atom stereocenters. The first kappa shape index (κ1) is 45.4. The molecule has 0 aliphatic carbocycles. The van der Waals surface area contributed by atoms with E-state index in [2.05, 4.69) is 46.5 Å². The van der Waals surface area contributed by atoms with Gasteiger partial charge in [0.1, 0.15) is 11.3 Å². The summed E-state index contributed by atoms with van der Waals surface area (Å²) in [6.07, 6.45) is 8.78. The first-order chi connectivity index (χ1) is 23.4. The Kier molecular flexibility index (Phi) is 24.3. The van der Waals surface area contributed by atoms with Crippen LogP contribution in [0.2, 0.25) is 0 Å². The fourth-order valence-electron chi connectivity index (χ4n) is 4.85. The molecular weight excluding hydrogens is 623 g/mol. The van der Waals surface area contributed by atoms with Gasteiger partial charge in [-0.2, -0.15) is 13.2 Å². The molecule has 0 saturated heterocycles. The van der Waals surface area contributed by atoms with Crippen LogP contribution in [0.5, 0.6) is 5.75 Å². The van der Waals surface area contributed by atoms with E-state index in [0.717, 1.165) is 78.1 Å². The second-order valence-electron chi connectivity index (χ2n) is 11.9. The summed E-state index contributed by atoms with van der Waals surface area (Å²) in [7, 11) is 0. The lowest BCUT2D eigenvalue weighted by Gasteiger charge is -2.17. The Morgan fingerprint density at radius 2 is 1.39 bits per heavy atom. The molecule has 2 heterocycles. The Hall–Kier alpha value is -3.61. The Balaban J connectivity index is 0.000000672. The number of Topliss-reactive ketones (excluding diaryl/α,β-unsaturated/α-hetero) is 1. The maximum atomic E-state index is 11.9. The number of aryl methyl sites for hydroxylation is 2. The Morgan fingerprint density at radius 1 is 0.816 bits per heavy atom. The molecule has 0 unspecified atom stereocenters. The second kappa shape index (κ2) is 26.3. The SMILES string of the molecule is CC.CCCC(C)CCC.CCCC(CCC)Oc1ccc2oc(C(C)=O)cc2c1.CCc1ccccn1.Cc1ccc(C(F)(F)F)cc1. The van der Waals surface area contributed by atoms with Crippen molar-refractivity contribution in [2.45, 2.75) is 139 Å². The van der Waals surface area contributed by atoms with Crippen LogP contribution in [0, 0.1) is 12.8 Å². The molecule has 4 rings (SSSR count). The number of aromatic nitrogens is 1. The van der Waals surface area contributed by atoms with Gasteiger partial charge in [-0.15, -0.1) is 0 Å². The van der Waals surface area contributed by atoms with E-state index in [0.29, 0.717) is 5.76 Å². The zero-order valence-electron chi connectivity index (χ0n) is 31.8. The van der Waals surface area contributed by atoms with Crippen molar-refractivity contribution in [1.29, 1.82) is 0 Å². The number of rotatable bonds is 12. The number of halogens is 3. The normalized spacial score (nSPS) is 10.5. The summed E-state index contributed by atoms with van der Waals surface area (Å²) in [5.74, 6) is 2.15. The zero-order valence-corrected chi connectivity index (χ0v) is 31.8. The third-order valence-corrected chi connectivity index (χ3v) is 7.39. The number of ketones is 1. The lowest BCUT2D eigenvalue weighted by molar-refractivity contribution is -0.137. The molecular formula is C42H62F3NO3. The van der Waals surface area contributed by atoms with Crippen LogP contribution in [0.15, 0.2) is 77.3 Å². The highest BCUT2D eigenvalue weighted by atomic mass is 19.4. The van der Waals surface area contributed by atoms with Crippen molar-refractivity contribution in [3.8, 4) is 5.75 Å². The molecule has 4 aromatic rings. The quantitative estimate of drug-likeness (QED) is 0.139. The van der Waals surface area contributed by atoms with Gasteiger partial charge in [0.25, 0.3) is 0 Å². The summed E-state index contributed by atoms with van der Waals surface area (Å²) in [5.41, 5.74) is 2.12. The molecule has 0 spiro atoms. The number of alkyl halides is 3. The molecule has 2 aromatic carbocycles. The fraction of sp³-hybridized carbons (Fsp3) is 0.524. The molecule has 0 radical (unpaired) electrons. The van der Waals surface area contributed by atoms with Gasteiger partial charge in [0.05, 0.1) is 11.7 Å². The van der Waals surface area contributed by atoms with Gasteiger partial charge in [0.15, 0.2) is 11.5 Å². The molecule has 4 nitrogen and oxygen atoms in total. The largest absolute Gasteiger partial charge is 0.490 e. The molecule has 0 N–H and O–H groups in total. The minimum absolute atomic E-state index is 0.0569. The minimum Gasteiger partial charge on any atom is -0.490 e. The molecule has 0 saturated carbocycles. The first-order valence-electron chi connectivity index (χ1n) is 18.1. The van der Waals surface area contributed by atoms with Crippen LogP contribution >= 0.6 is 0 Å². The number of hydrogen-bond acceptors (Lipinski definition) is 4. The topological polar surface area (TPSA) is 52.3 Å². The number of ether oxygens (including phenoxy) is 1. The molecule has 49 heavy (non-hydrogen) atoms. The first-order valence-corrected chi connectivity index (χ1v) is 18.1. The van der Waals surface area contributed by atoms with Crippen LogP contribution in [-0.2, 0) is 12.6 Å². The summed E-state index contributed by atoms with van der Waals surface area (Å²) < 4.78 is 47.3. The van der Waals surface area contributed by atoms with E-state index in [1.807, 2.05) is 56.4 Å². The zero-order chi connectivity index (χ0) is 37.2. The standard InChI is InChI=1S/C17H22O3.C8H7F3.C8H18.C7H9N.C2H6/c1-4-6-14(7-5-2)19-15-8-9-16-13(10-15)11-17(20-16)12(3)18;1-6-2-4-7(5-3-6)8(9,10)11;1-4-6-8(3)7-5-2;1-2-7-5-3-4-6-8-7;1-2/h8-11,14H,4-7H2,1-3H3;2-5H,1H3;8H,4-7H2,1-3H3;3-6H,2H2,1H3;1-2H3. The molecule has 0 bridgehead atoms. The number of furan rings is 1. The van der Waals surface area contributed by atoms with Crippen LogP contribution in [0.25, 0.3) is 11.0 Å². The van der Waals surface area contributed by atoms with Gasteiger partial charge < -0.3 is 9.15 Å². The van der Waals surface area contributed by atoms with Gasteiger partial charge in [-0.25, -0.2) is 0 Å². The summed E-state index contributed by atoms with van der Waals surface area (Å²) >= 11 is 0. The number of pyridine rings is 1.